The van der Waals surface area contributed by atoms with E-state index in [1.807, 2.05) is 6.07 Å². The molecular formula is C29H35NO7. The highest BCUT2D eigenvalue weighted by Crippen LogP contribution is 2.53. The minimum atomic E-state index is -2.65. The van der Waals surface area contributed by atoms with Crippen molar-refractivity contribution in [2.45, 2.75) is 70.8 Å². The van der Waals surface area contributed by atoms with Crippen molar-refractivity contribution in [3.63, 3.8) is 0 Å². The summed E-state index contributed by atoms with van der Waals surface area (Å²) < 4.78 is 0. The third kappa shape index (κ3) is 3.78. The van der Waals surface area contributed by atoms with Crippen LogP contribution >= 0.6 is 0 Å². The summed E-state index contributed by atoms with van der Waals surface area (Å²) in [4.78, 5) is 66.3. The van der Waals surface area contributed by atoms with Gasteiger partial charge >= 0.3 is 0 Å². The maximum absolute atomic E-state index is 13.9. The van der Waals surface area contributed by atoms with E-state index in [-0.39, 0.29) is 23.7 Å². The smallest absolute Gasteiger partial charge is 0.235 e. The normalized spacial score (nSPS) is 34.2. The Morgan fingerprint density at radius 2 is 1.76 bits per heavy atom. The van der Waals surface area contributed by atoms with Crippen molar-refractivity contribution in [1.29, 1.82) is 0 Å². The van der Waals surface area contributed by atoms with E-state index in [0.29, 0.717) is 12.3 Å². The Kier molecular flexibility index (Phi) is 6.37. The molecule has 3 saturated carbocycles. The first-order valence-electron chi connectivity index (χ1n) is 13.5. The van der Waals surface area contributed by atoms with Gasteiger partial charge in [-0.15, -0.1) is 0 Å². The Morgan fingerprint density at radius 1 is 1.08 bits per heavy atom. The number of hydrogen-bond acceptors (Lipinski definition) is 7. The topological polar surface area (TPSA) is 152 Å². The van der Waals surface area contributed by atoms with E-state index in [1.165, 1.54) is 25.3 Å². The Labute approximate surface area is 216 Å². The number of benzene rings is 1. The number of primary amides is 1. The number of rotatable bonds is 4. The molecule has 0 aliphatic heterocycles. The van der Waals surface area contributed by atoms with Gasteiger partial charge in [-0.05, 0) is 54.2 Å². The molecule has 5 rings (SSSR count). The molecule has 0 bridgehead atoms. The third-order valence-electron chi connectivity index (χ3n) is 9.53. The first-order chi connectivity index (χ1) is 17.5. The summed E-state index contributed by atoms with van der Waals surface area (Å²) in [6.07, 6.45) is 7.05. The predicted octanol–water partition coefficient (Wildman–Crippen LogP) is 2.33. The van der Waals surface area contributed by atoms with E-state index in [1.54, 1.807) is 13.8 Å². The number of carbonyl (C=O) groups is 5. The fraction of sp³-hybridized carbons (Fsp3) is 0.621. The van der Waals surface area contributed by atoms with Crippen LogP contribution in [0.2, 0.25) is 0 Å². The van der Waals surface area contributed by atoms with Crippen LogP contribution in [0.4, 0.5) is 0 Å². The average Bonchev–Trinajstić information content (AvgIpc) is 2.83. The summed E-state index contributed by atoms with van der Waals surface area (Å²) in [6, 6.07) is 3.35. The fourth-order valence-corrected chi connectivity index (χ4v) is 7.81. The highest BCUT2D eigenvalue weighted by Gasteiger charge is 2.69. The molecule has 3 fully saturated rings. The molecule has 8 heteroatoms. The molecule has 1 aromatic rings. The van der Waals surface area contributed by atoms with Crippen LogP contribution in [-0.2, 0) is 32.0 Å². The Balaban J connectivity index is 1.58. The van der Waals surface area contributed by atoms with Gasteiger partial charge in [-0.3, -0.25) is 24.0 Å². The van der Waals surface area contributed by atoms with Crippen LogP contribution in [0.15, 0.2) is 12.1 Å². The van der Waals surface area contributed by atoms with Gasteiger partial charge in [0.05, 0.1) is 11.5 Å². The Hall–Kier alpha value is -2.87. The standard InChI is InChI=1S/C29H35NO7/c1-13(2)20-18-12-16-11-17-15(10-14-6-4-3-5-7-14)8-9-19(31)22(17)25(33)21(16)26(34)29(18,37)27(35)23(24(20)32)28(30)36/h8-9,13-14,16,18,20-21,23,31,37H,3-7,10-12H2,1-2H3,(H2,30,36)/t16-,18-,20-,21?,23?,29-/m0/s1. The molecular weight excluding hydrogens is 474 g/mol. The van der Waals surface area contributed by atoms with Crippen molar-refractivity contribution in [3.8, 4) is 5.75 Å². The summed E-state index contributed by atoms with van der Waals surface area (Å²) in [5.74, 6) is -10.5. The van der Waals surface area contributed by atoms with Crippen LogP contribution in [0.3, 0.4) is 0 Å². The molecule has 1 aromatic carbocycles. The molecule has 37 heavy (non-hydrogen) atoms. The van der Waals surface area contributed by atoms with Gasteiger partial charge in [0, 0.05) is 11.8 Å². The third-order valence-corrected chi connectivity index (χ3v) is 9.53. The Bertz CT molecular complexity index is 1200. The number of carbonyl (C=O) groups excluding carboxylic acids is 5. The van der Waals surface area contributed by atoms with Crippen LogP contribution in [0.1, 0.15) is 73.9 Å². The number of fused-ring (bicyclic) bond motifs is 3. The van der Waals surface area contributed by atoms with E-state index >= 15 is 0 Å². The number of aromatic hydroxyl groups is 1. The second-order valence-corrected chi connectivity index (χ2v) is 12.0. The minimum absolute atomic E-state index is 0.0937. The lowest BCUT2D eigenvalue weighted by Gasteiger charge is -2.52. The summed E-state index contributed by atoms with van der Waals surface area (Å²) >= 11 is 0. The van der Waals surface area contributed by atoms with Gasteiger partial charge in [-0.25, -0.2) is 0 Å². The predicted molar refractivity (Wildman–Crippen MR) is 132 cm³/mol. The van der Waals surface area contributed by atoms with E-state index < -0.39 is 64.2 Å². The van der Waals surface area contributed by atoms with Crippen molar-refractivity contribution in [2.75, 3.05) is 0 Å². The second-order valence-electron chi connectivity index (χ2n) is 12.0. The van der Waals surface area contributed by atoms with Crippen LogP contribution in [-0.4, -0.2) is 44.9 Å². The average molecular weight is 510 g/mol. The van der Waals surface area contributed by atoms with Crippen LogP contribution < -0.4 is 5.73 Å². The maximum atomic E-state index is 13.9. The molecule has 4 aliphatic rings. The summed E-state index contributed by atoms with van der Waals surface area (Å²) in [6.45, 7) is 3.49. The van der Waals surface area contributed by atoms with Gasteiger partial charge < -0.3 is 15.9 Å². The van der Waals surface area contributed by atoms with Gasteiger partial charge in [0.15, 0.2) is 34.7 Å². The van der Waals surface area contributed by atoms with Crippen LogP contribution in [0.5, 0.6) is 5.75 Å². The summed E-state index contributed by atoms with van der Waals surface area (Å²) in [7, 11) is 0. The van der Waals surface area contributed by atoms with Crippen molar-refractivity contribution in [1.82, 2.24) is 0 Å². The molecule has 0 radical (unpaired) electrons. The lowest BCUT2D eigenvalue weighted by molar-refractivity contribution is -0.182. The maximum Gasteiger partial charge on any atom is 0.235 e. The van der Waals surface area contributed by atoms with Crippen LogP contribution in [0, 0.1) is 41.4 Å². The highest BCUT2D eigenvalue weighted by molar-refractivity contribution is 6.31. The molecule has 4 aliphatic carbocycles. The van der Waals surface area contributed by atoms with E-state index in [9.17, 15) is 34.2 Å². The van der Waals surface area contributed by atoms with Crippen molar-refractivity contribution < 1.29 is 34.2 Å². The zero-order valence-electron chi connectivity index (χ0n) is 21.4. The number of Topliss-reactive ketones (excluding diaryl/α,β-unsaturated/α-hetero) is 4. The first-order valence-corrected chi connectivity index (χ1v) is 13.5. The SMILES string of the molecule is CC(C)[C@@H]1C(=O)C(C(N)=O)C(=O)[C@@]2(O)C(=O)C3C(=O)c4c(O)ccc(CC5CCCCC5)c4C[C@H]3C[C@@H]12. The molecule has 6 atom stereocenters. The minimum Gasteiger partial charge on any atom is -0.507 e. The van der Waals surface area contributed by atoms with Gasteiger partial charge in [-0.2, -0.15) is 0 Å². The molecule has 0 heterocycles. The molecule has 0 aromatic heterocycles. The lowest BCUT2D eigenvalue weighted by Crippen LogP contribution is -2.71. The summed E-state index contributed by atoms with van der Waals surface area (Å²) in [5, 5.41) is 22.3. The zero-order chi connectivity index (χ0) is 26.8. The number of phenols is 1. The van der Waals surface area contributed by atoms with Gasteiger partial charge in [-0.1, -0.05) is 52.0 Å². The fourth-order valence-electron chi connectivity index (χ4n) is 7.81. The van der Waals surface area contributed by atoms with Crippen molar-refractivity contribution >= 4 is 29.0 Å². The molecule has 8 nitrogen and oxygen atoms in total. The first kappa shape index (κ1) is 25.8. The largest absolute Gasteiger partial charge is 0.507 e. The number of nitrogens with two attached hydrogens (primary N) is 1. The van der Waals surface area contributed by atoms with Gasteiger partial charge in [0.2, 0.25) is 5.91 Å². The molecule has 1 amide bonds. The number of aliphatic hydroxyl groups is 1. The number of hydrogen-bond donors (Lipinski definition) is 3. The Morgan fingerprint density at radius 3 is 2.38 bits per heavy atom. The molecule has 4 N–H and O–H groups in total. The number of amides is 1. The van der Waals surface area contributed by atoms with Crippen molar-refractivity contribution in [3.05, 3.63) is 28.8 Å². The van der Waals surface area contributed by atoms with Crippen LogP contribution in [0.25, 0.3) is 0 Å². The number of ketones is 4. The second kappa shape index (κ2) is 9.15. The highest BCUT2D eigenvalue weighted by atomic mass is 16.3. The molecule has 0 saturated heterocycles. The van der Waals surface area contributed by atoms with Gasteiger partial charge in [0.1, 0.15) is 5.75 Å². The zero-order valence-corrected chi connectivity index (χ0v) is 21.4. The number of phenolic OH excluding ortho intramolecular Hbond substituents is 1. The summed E-state index contributed by atoms with van der Waals surface area (Å²) in [5.41, 5.74) is 4.54. The van der Waals surface area contributed by atoms with Gasteiger partial charge in [0.25, 0.3) is 0 Å². The van der Waals surface area contributed by atoms with E-state index in [0.717, 1.165) is 30.4 Å². The van der Waals surface area contributed by atoms with E-state index in [2.05, 4.69) is 0 Å². The quantitative estimate of drug-likeness (QED) is 0.527. The molecule has 198 valence electrons. The monoisotopic (exact) mass is 509 g/mol. The van der Waals surface area contributed by atoms with Crippen molar-refractivity contribution in [2.24, 2.45) is 47.2 Å². The lowest BCUT2D eigenvalue weighted by atomic mass is 9.49. The van der Waals surface area contributed by atoms with E-state index in [4.69, 9.17) is 5.73 Å². The molecule has 0 spiro atoms. The molecule has 2 unspecified atom stereocenters.